The number of fused-ring (bicyclic) bond motifs is 1. The Morgan fingerprint density at radius 1 is 1.47 bits per heavy atom. The fourth-order valence-electron chi connectivity index (χ4n) is 1.17. The van der Waals surface area contributed by atoms with E-state index < -0.39 is 15.2 Å². The van der Waals surface area contributed by atoms with E-state index in [-0.39, 0.29) is 6.61 Å². The molecule has 0 fully saturated rings. The summed E-state index contributed by atoms with van der Waals surface area (Å²) < 4.78 is 26.8. The lowest BCUT2D eigenvalue weighted by Gasteiger charge is -1.92. The van der Waals surface area contributed by atoms with E-state index in [4.69, 9.17) is 14.7 Å². The Kier molecular flexibility index (Phi) is 2.22. The number of sulfonamides is 1. The molecule has 0 unspecified atom stereocenters. The van der Waals surface area contributed by atoms with Crippen LogP contribution >= 0.6 is 0 Å². The molecule has 0 spiro atoms. The second-order valence-corrected chi connectivity index (χ2v) is 4.42. The lowest BCUT2D eigenvalue weighted by Crippen LogP contribution is -2.12. The van der Waals surface area contributed by atoms with E-state index in [0.717, 1.165) is 0 Å². The number of nitrogens with zero attached hydrogens (tertiary/aromatic N) is 1. The molecule has 0 radical (unpaired) electrons. The minimum Gasteiger partial charge on any atom is -0.427 e. The van der Waals surface area contributed by atoms with Crippen molar-refractivity contribution in [1.82, 2.24) is 4.98 Å². The van der Waals surface area contributed by atoms with E-state index in [0.29, 0.717) is 16.7 Å². The second kappa shape index (κ2) is 3.30. The highest BCUT2D eigenvalue weighted by Gasteiger charge is 2.16. The van der Waals surface area contributed by atoms with E-state index >= 15 is 0 Å². The molecule has 0 aliphatic carbocycles. The summed E-state index contributed by atoms with van der Waals surface area (Å²) in [4.78, 5) is 3.70. The molecular weight excluding hydrogens is 220 g/mol. The standard InChI is InChI=1S/C8H8N2O4S/c9-15(12,13)8-10-6-3-5(4-11)1-2-7(6)14-8/h1-3,11H,4H2,(H2,9,12,13). The van der Waals surface area contributed by atoms with Gasteiger partial charge in [0.1, 0.15) is 5.52 Å². The van der Waals surface area contributed by atoms with Crippen LogP contribution in [0.25, 0.3) is 11.1 Å². The molecule has 0 aliphatic rings. The lowest BCUT2D eigenvalue weighted by atomic mass is 10.2. The smallest absolute Gasteiger partial charge is 0.331 e. The molecule has 80 valence electrons. The number of nitrogens with two attached hydrogens (primary N) is 1. The minimum absolute atomic E-state index is 0.145. The number of primary sulfonamides is 1. The molecule has 1 heterocycles. The largest absolute Gasteiger partial charge is 0.427 e. The number of benzene rings is 1. The summed E-state index contributed by atoms with van der Waals surface area (Å²) in [5.41, 5.74) is 1.29. The molecule has 1 aromatic carbocycles. The van der Waals surface area contributed by atoms with Crippen molar-refractivity contribution in [3.05, 3.63) is 23.8 Å². The van der Waals surface area contributed by atoms with E-state index in [1.807, 2.05) is 0 Å². The van der Waals surface area contributed by atoms with Crippen molar-refractivity contribution in [2.45, 2.75) is 11.8 Å². The Morgan fingerprint density at radius 2 is 2.20 bits per heavy atom. The zero-order valence-corrected chi connectivity index (χ0v) is 8.36. The predicted octanol–water partition coefficient (Wildman–Crippen LogP) is -0.0325. The summed E-state index contributed by atoms with van der Waals surface area (Å²) in [5.74, 6) is 0. The van der Waals surface area contributed by atoms with E-state index in [9.17, 15) is 8.42 Å². The van der Waals surface area contributed by atoms with Crippen molar-refractivity contribution in [2.75, 3.05) is 0 Å². The van der Waals surface area contributed by atoms with Gasteiger partial charge in [0.05, 0.1) is 6.61 Å². The number of hydrogen-bond donors (Lipinski definition) is 2. The fourth-order valence-corrected chi connectivity index (χ4v) is 1.60. The maximum absolute atomic E-state index is 10.9. The van der Waals surface area contributed by atoms with Gasteiger partial charge >= 0.3 is 5.22 Å². The van der Waals surface area contributed by atoms with Crippen LogP contribution in [0, 0.1) is 0 Å². The predicted molar refractivity (Wildman–Crippen MR) is 51.3 cm³/mol. The first kappa shape index (κ1) is 10.1. The van der Waals surface area contributed by atoms with Crippen LogP contribution < -0.4 is 5.14 Å². The van der Waals surface area contributed by atoms with Crippen LogP contribution in [-0.2, 0) is 16.6 Å². The zero-order chi connectivity index (χ0) is 11.1. The Bertz CT molecular complexity index is 602. The number of aliphatic hydroxyl groups excluding tert-OH is 1. The Balaban J connectivity index is 2.66. The summed E-state index contributed by atoms with van der Waals surface area (Å²) in [6, 6.07) is 4.68. The maximum atomic E-state index is 10.9. The number of aliphatic hydroxyl groups is 1. The Labute approximate surface area is 85.4 Å². The average Bonchev–Trinajstić information content (AvgIpc) is 2.59. The number of aromatic nitrogens is 1. The van der Waals surface area contributed by atoms with Crippen LogP contribution in [0.5, 0.6) is 0 Å². The van der Waals surface area contributed by atoms with Crippen molar-refractivity contribution in [1.29, 1.82) is 0 Å². The molecule has 3 N–H and O–H groups in total. The van der Waals surface area contributed by atoms with Crippen molar-refractivity contribution in [3.63, 3.8) is 0 Å². The maximum Gasteiger partial charge on any atom is 0.331 e. The zero-order valence-electron chi connectivity index (χ0n) is 7.54. The highest BCUT2D eigenvalue weighted by atomic mass is 32.2. The molecule has 6 nitrogen and oxygen atoms in total. The van der Waals surface area contributed by atoms with Gasteiger partial charge in [0, 0.05) is 0 Å². The third-order valence-electron chi connectivity index (χ3n) is 1.86. The van der Waals surface area contributed by atoms with Crippen LogP contribution in [0.2, 0.25) is 0 Å². The van der Waals surface area contributed by atoms with Gasteiger partial charge in [-0.1, -0.05) is 6.07 Å². The van der Waals surface area contributed by atoms with Crippen LogP contribution in [0.1, 0.15) is 5.56 Å². The quantitative estimate of drug-likeness (QED) is 0.750. The van der Waals surface area contributed by atoms with Crippen LogP contribution in [0.4, 0.5) is 0 Å². The van der Waals surface area contributed by atoms with Gasteiger partial charge in [0.15, 0.2) is 5.58 Å². The normalized spacial score (nSPS) is 12.1. The van der Waals surface area contributed by atoms with Crippen LogP contribution in [0.15, 0.2) is 27.8 Å². The second-order valence-electron chi connectivity index (χ2n) is 2.98. The first-order valence-corrected chi connectivity index (χ1v) is 5.58. The third-order valence-corrected chi connectivity index (χ3v) is 2.52. The van der Waals surface area contributed by atoms with Crippen molar-refractivity contribution >= 4 is 21.1 Å². The van der Waals surface area contributed by atoms with Gasteiger partial charge in [-0.15, -0.1) is 0 Å². The molecular formula is C8H8N2O4S. The highest BCUT2D eigenvalue weighted by Crippen LogP contribution is 2.19. The molecule has 0 bridgehead atoms. The SMILES string of the molecule is NS(=O)(=O)c1nc2cc(CO)ccc2o1. The van der Waals surface area contributed by atoms with Crippen LogP contribution in [-0.4, -0.2) is 18.5 Å². The topological polar surface area (TPSA) is 106 Å². The third kappa shape index (κ3) is 1.84. The molecule has 2 rings (SSSR count). The molecule has 0 amide bonds. The molecule has 1 aromatic heterocycles. The highest BCUT2D eigenvalue weighted by molar-refractivity contribution is 7.88. The van der Waals surface area contributed by atoms with Gasteiger partial charge in [0.25, 0.3) is 10.0 Å². The molecule has 0 saturated carbocycles. The minimum atomic E-state index is -3.92. The monoisotopic (exact) mass is 228 g/mol. The summed E-state index contributed by atoms with van der Waals surface area (Å²) >= 11 is 0. The van der Waals surface area contributed by atoms with E-state index in [1.165, 1.54) is 12.1 Å². The first-order chi connectivity index (χ1) is 7.00. The number of hydrogen-bond acceptors (Lipinski definition) is 5. The fraction of sp³-hybridized carbons (Fsp3) is 0.125. The van der Waals surface area contributed by atoms with Gasteiger partial charge in [0.2, 0.25) is 0 Å². The lowest BCUT2D eigenvalue weighted by molar-refractivity contribution is 0.282. The summed E-state index contributed by atoms with van der Waals surface area (Å²) in [6.07, 6.45) is 0. The molecule has 0 saturated heterocycles. The van der Waals surface area contributed by atoms with Crippen molar-refractivity contribution in [2.24, 2.45) is 5.14 Å². The Morgan fingerprint density at radius 3 is 2.80 bits per heavy atom. The van der Waals surface area contributed by atoms with Gasteiger partial charge in [-0.25, -0.2) is 13.6 Å². The van der Waals surface area contributed by atoms with E-state index in [2.05, 4.69) is 4.98 Å². The van der Waals surface area contributed by atoms with E-state index in [1.54, 1.807) is 6.07 Å². The summed E-state index contributed by atoms with van der Waals surface area (Å²) in [7, 11) is -3.92. The first-order valence-electron chi connectivity index (χ1n) is 4.04. The van der Waals surface area contributed by atoms with Crippen LogP contribution in [0.3, 0.4) is 0 Å². The number of rotatable bonds is 2. The van der Waals surface area contributed by atoms with Gasteiger partial charge in [-0.05, 0) is 17.7 Å². The van der Waals surface area contributed by atoms with Gasteiger partial charge < -0.3 is 9.52 Å². The summed E-state index contributed by atoms with van der Waals surface area (Å²) in [6.45, 7) is -0.145. The van der Waals surface area contributed by atoms with Crippen molar-refractivity contribution in [3.8, 4) is 0 Å². The van der Waals surface area contributed by atoms with Gasteiger partial charge in [-0.3, -0.25) is 0 Å². The molecule has 2 aromatic rings. The molecule has 0 atom stereocenters. The van der Waals surface area contributed by atoms with Gasteiger partial charge in [-0.2, -0.15) is 4.98 Å². The molecule has 0 aliphatic heterocycles. The average molecular weight is 228 g/mol. The summed E-state index contributed by atoms with van der Waals surface area (Å²) in [5, 5.41) is 13.2. The molecule has 7 heteroatoms. The molecule has 15 heavy (non-hydrogen) atoms. The Hall–Kier alpha value is -1.44. The number of oxazole rings is 1. The van der Waals surface area contributed by atoms with Crippen molar-refractivity contribution < 1.29 is 17.9 Å².